The van der Waals surface area contributed by atoms with Crippen molar-refractivity contribution in [3.05, 3.63) is 34.5 Å². The maximum absolute atomic E-state index is 12.2. The molecule has 2 N–H and O–H groups in total. The van der Waals surface area contributed by atoms with E-state index in [1.807, 2.05) is 18.2 Å². The summed E-state index contributed by atoms with van der Waals surface area (Å²) < 4.78 is 6.53. The van der Waals surface area contributed by atoms with Crippen molar-refractivity contribution in [1.29, 1.82) is 0 Å². The Bertz CT molecular complexity index is 608. The van der Waals surface area contributed by atoms with Crippen molar-refractivity contribution in [3.8, 4) is 0 Å². The van der Waals surface area contributed by atoms with E-state index in [0.29, 0.717) is 18.8 Å². The first-order valence-corrected chi connectivity index (χ1v) is 6.67. The summed E-state index contributed by atoms with van der Waals surface area (Å²) in [5.74, 6) is 0.312. The Morgan fingerprint density at radius 2 is 2.28 bits per heavy atom. The maximum atomic E-state index is 12.2. The minimum Gasteiger partial charge on any atom is -0.451 e. The zero-order valence-electron chi connectivity index (χ0n) is 9.73. The summed E-state index contributed by atoms with van der Waals surface area (Å²) in [5.41, 5.74) is 6.52. The molecule has 4 nitrogen and oxygen atoms in total. The molecule has 2 heterocycles. The van der Waals surface area contributed by atoms with Gasteiger partial charge in [-0.2, -0.15) is 0 Å². The van der Waals surface area contributed by atoms with Gasteiger partial charge in [0.15, 0.2) is 5.76 Å². The van der Waals surface area contributed by atoms with Gasteiger partial charge in [-0.1, -0.05) is 15.9 Å². The van der Waals surface area contributed by atoms with Crippen LogP contribution in [0.15, 0.2) is 33.2 Å². The Morgan fingerprint density at radius 1 is 1.44 bits per heavy atom. The van der Waals surface area contributed by atoms with Crippen LogP contribution < -0.4 is 5.73 Å². The number of nitrogens with zero attached hydrogens (tertiary/aromatic N) is 1. The number of nitrogens with two attached hydrogens (primary N) is 1. The number of likely N-dealkylation sites (tertiary alicyclic amines) is 1. The molecule has 2 aromatic rings. The summed E-state index contributed by atoms with van der Waals surface area (Å²) in [6.45, 7) is 1.32. The lowest BCUT2D eigenvalue weighted by Gasteiger charge is -2.13. The van der Waals surface area contributed by atoms with Gasteiger partial charge in [0.1, 0.15) is 5.58 Å². The van der Waals surface area contributed by atoms with Gasteiger partial charge in [0, 0.05) is 29.0 Å². The van der Waals surface area contributed by atoms with E-state index in [9.17, 15) is 4.79 Å². The van der Waals surface area contributed by atoms with Gasteiger partial charge in [0.2, 0.25) is 0 Å². The zero-order chi connectivity index (χ0) is 12.7. The predicted octanol–water partition coefficient (Wildman–Crippen LogP) is 2.37. The van der Waals surface area contributed by atoms with Crippen LogP contribution in [-0.2, 0) is 0 Å². The van der Waals surface area contributed by atoms with E-state index in [1.54, 1.807) is 11.0 Å². The van der Waals surface area contributed by atoms with Crippen molar-refractivity contribution in [2.24, 2.45) is 5.73 Å². The van der Waals surface area contributed by atoms with E-state index in [-0.39, 0.29) is 11.9 Å². The maximum Gasteiger partial charge on any atom is 0.289 e. The number of carbonyl (C=O) groups is 1. The lowest BCUT2D eigenvalue weighted by molar-refractivity contribution is 0.0761. The molecule has 1 aromatic carbocycles. The lowest BCUT2D eigenvalue weighted by atomic mass is 10.2. The number of fused-ring (bicyclic) bond motifs is 1. The molecule has 0 bridgehead atoms. The molecule has 18 heavy (non-hydrogen) atoms. The molecule has 94 valence electrons. The van der Waals surface area contributed by atoms with Gasteiger partial charge in [-0.25, -0.2) is 0 Å². The topological polar surface area (TPSA) is 59.5 Å². The number of hydrogen-bond donors (Lipinski definition) is 1. The molecular formula is C13H13BrN2O2. The Hall–Kier alpha value is -1.33. The fourth-order valence-electron chi connectivity index (χ4n) is 2.24. The molecule has 1 aliphatic rings. The highest BCUT2D eigenvalue weighted by Crippen LogP contribution is 2.24. The van der Waals surface area contributed by atoms with Crippen LogP contribution in [0.3, 0.4) is 0 Å². The second kappa shape index (κ2) is 4.40. The Morgan fingerprint density at radius 3 is 3.00 bits per heavy atom. The first-order valence-electron chi connectivity index (χ1n) is 5.87. The normalized spacial score (nSPS) is 19.7. The molecule has 0 aliphatic carbocycles. The van der Waals surface area contributed by atoms with Crippen LogP contribution in [0.1, 0.15) is 17.0 Å². The second-order valence-electron chi connectivity index (χ2n) is 4.59. The molecule has 0 saturated carbocycles. The molecule has 1 unspecified atom stereocenters. The van der Waals surface area contributed by atoms with E-state index in [0.717, 1.165) is 21.9 Å². The largest absolute Gasteiger partial charge is 0.451 e. The van der Waals surface area contributed by atoms with E-state index >= 15 is 0 Å². The number of halogens is 1. The highest BCUT2D eigenvalue weighted by Gasteiger charge is 2.26. The van der Waals surface area contributed by atoms with Gasteiger partial charge < -0.3 is 15.1 Å². The summed E-state index contributed by atoms with van der Waals surface area (Å²) in [6.07, 6.45) is 0.859. The van der Waals surface area contributed by atoms with Crippen molar-refractivity contribution in [2.45, 2.75) is 12.5 Å². The smallest absolute Gasteiger partial charge is 0.289 e. The number of carbonyl (C=O) groups excluding carboxylic acids is 1. The summed E-state index contributed by atoms with van der Waals surface area (Å²) in [7, 11) is 0. The van der Waals surface area contributed by atoms with Crippen molar-refractivity contribution < 1.29 is 9.21 Å². The van der Waals surface area contributed by atoms with Gasteiger partial charge in [-0.15, -0.1) is 0 Å². The number of furan rings is 1. The highest BCUT2D eigenvalue weighted by atomic mass is 79.9. The first kappa shape index (κ1) is 11.7. The zero-order valence-corrected chi connectivity index (χ0v) is 11.3. The summed E-state index contributed by atoms with van der Waals surface area (Å²) in [4.78, 5) is 14.0. The monoisotopic (exact) mass is 308 g/mol. The van der Waals surface area contributed by atoms with E-state index in [4.69, 9.17) is 10.2 Å². The Labute approximate surface area is 113 Å². The van der Waals surface area contributed by atoms with Crippen LogP contribution in [0.2, 0.25) is 0 Å². The number of amides is 1. The summed E-state index contributed by atoms with van der Waals surface area (Å²) in [5, 5.41) is 0.935. The van der Waals surface area contributed by atoms with Gasteiger partial charge in [0.25, 0.3) is 5.91 Å². The van der Waals surface area contributed by atoms with Gasteiger partial charge >= 0.3 is 0 Å². The minimum atomic E-state index is -0.0738. The van der Waals surface area contributed by atoms with Crippen LogP contribution in [0, 0.1) is 0 Å². The van der Waals surface area contributed by atoms with Crippen molar-refractivity contribution in [2.75, 3.05) is 13.1 Å². The van der Waals surface area contributed by atoms with Crippen molar-refractivity contribution in [3.63, 3.8) is 0 Å². The van der Waals surface area contributed by atoms with Crippen LogP contribution in [0.25, 0.3) is 11.0 Å². The molecule has 1 fully saturated rings. The van der Waals surface area contributed by atoms with Crippen LogP contribution in [-0.4, -0.2) is 29.9 Å². The van der Waals surface area contributed by atoms with Gasteiger partial charge in [-0.3, -0.25) is 4.79 Å². The van der Waals surface area contributed by atoms with E-state index in [2.05, 4.69) is 15.9 Å². The number of rotatable bonds is 1. The van der Waals surface area contributed by atoms with E-state index in [1.165, 1.54) is 0 Å². The molecule has 3 rings (SSSR count). The molecule has 1 aliphatic heterocycles. The van der Waals surface area contributed by atoms with Crippen LogP contribution in [0.5, 0.6) is 0 Å². The molecule has 1 saturated heterocycles. The van der Waals surface area contributed by atoms with Crippen LogP contribution >= 0.6 is 15.9 Å². The third-order valence-electron chi connectivity index (χ3n) is 3.20. The Balaban J connectivity index is 1.92. The minimum absolute atomic E-state index is 0.0738. The average molecular weight is 309 g/mol. The molecule has 5 heteroatoms. The molecule has 1 atom stereocenters. The quantitative estimate of drug-likeness (QED) is 0.880. The Kier molecular flexibility index (Phi) is 2.87. The van der Waals surface area contributed by atoms with Crippen LogP contribution in [0.4, 0.5) is 0 Å². The highest BCUT2D eigenvalue weighted by molar-refractivity contribution is 9.10. The SMILES string of the molecule is NC1CCN(C(=O)c2cc3ccc(Br)cc3o2)C1. The lowest BCUT2D eigenvalue weighted by Crippen LogP contribution is -2.31. The molecule has 0 spiro atoms. The predicted molar refractivity (Wildman–Crippen MR) is 72.4 cm³/mol. The third kappa shape index (κ3) is 2.04. The fraction of sp³-hybridized carbons (Fsp3) is 0.308. The molecule has 1 aromatic heterocycles. The number of hydrogen-bond acceptors (Lipinski definition) is 3. The van der Waals surface area contributed by atoms with Gasteiger partial charge in [-0.05, 0) is 30.7 Å². The standard InChI is InChI=1S/C13H13BrN2O2/c14-9-2-1-8-5-12(18-11(8)6-9)13(17)16-4-3-10(15)7-16/h1-2,5-6,10H,3-4,7,15H2. The molecular weight excluding hydrogens is 296 g/mol. The first-order chi connectivity index (χ1) is 8.63. The number of benzene rings is 1. The van der Waals surface area contributed by atoms with E-state index < -0.39 is 0 Å². The summed E-state index contributed by atoms with van der Waals surface area (Å²) >= 11 is 3.38. The molecule has 1 amide bonds. The fourth-order valence-corrected chi connectivity index (χ4v) is 2.58. The van der Waals surface area contributed by atoms with Crippen molar-refractivity contribution in [1.82, 2.24) is 4.90 Å². The third-order valence-corrected chi connectivity index (χ3v) is 3.70. The van der Waals surface area contributed by atoms with Crippen molar-refractivity contribution >= 4 is 32.8 Å². The van der Waals surface area contributed by atoms with Gasteiger partial charge in [0.05, 0.1) is 0 Å². The molecule has 0 radical (unpaired) electrons. The average Bonchev–Trinajstić information content (AvgIpc) is 2.93. The second-order valence-corrected chi connectivity index (χ2v) is 5.51. The summed E-state index contributed by atoms with van der Waals surface area (Å²) in [6, 6.07) is 7.59.